The van der Waals surface area contributed by atoms with E-state index in [9.17, 15) is 4.79 Å². The number of thiophene rings is 1. The first kappa shape index (κ1) is 22.7. The summed E-state index contributed by atoms with van der Waals surface area (Å²) in [6.07, 6.45) is 0.918. The van der Waals surface area contributed by atoms with Gasteiger partial charge in [0.15, 0.2) is 5.82 Å². The van der Waals surface area contributed by atoms with E-state index in [1.54, 1.807) is 11.3 Å². The molecule has 0 radical (unpaired) electrons. The number of benzene rings is 1. The third kappa shape index (κ3) is 4.94. The molecule has 7 nitrogen and oxygen atoms in total. The van der Waals surface area contributed by atoms with Crippen LogP contribution in [-0.4, -0.2) is 37.5 Å². The van der Waals surface area contributed by atoms with E-state index in [0.717, 1.165) is 18.7 Å². The lowest BCUT2D eigenvalue weighted by molar-refractivity contribution is -0.131. The van der Waals surface area contributed by atoms with Crippen LogP contribution < -0.4 is 10.6 Å². The lowest BCUT2D eigenvalue weighted by atomic mass is 9.87. The van der Waals surface area contributed by atoms with Crippen LogP contribution in [0.25, 0.3) is 0 Å². The van der Waals surface area contributed by atoms with Gasteiger partial charge in [0, 0.05) is 18.0 Å². The minimum absolute atomic E-state index is 0.0894. The SMILES string of the molecule is CC(Sc1nnc(COc2ccc(C(C)(C)C)cc2)n1N)C(=O)N1CCc2sccc2C1. The van der Waals surface area contributed by atoms with Crippen molar-refractivity contribution in [3.8, 4) is 5.75 Å². The summed E-state index contributed by atoms with van der Waals surface area (Å²) in [6.45, 7) is 10.0. The van der Waals surface area contributed by atoms with Gasteiger partial charge in [-0.25, -0.2) is 4.68 Å². The molecular weight excluding hydrogens is 442 g/mol. The number of hydrogen-bond donors (Lipinski definition) is 1. The van der Waals surface area contributed by atoms with Crippen molar-refractivity contribution in [1.82, 2.24) is 19.8 Å². The number of nitrogens with zero attached hydrogens (tertiary/aromatic N) is 4. The van der Waals surface area contributed by atoms with E-state index in [2.05, 4.69) is 54.5 Å². The number of carbonyl (C=O) groups excluding carboxylic acids is 1. The number of nitrogens with two attached hydrogens (primary N) is 1. The molecule has 0 spiro atoms. The van der Waals surface area contributed by atoms with Gasteiger partial charge < -0.3 is 15.5 Å². The number of nitrogen functional groups attached to an aromatic ring is 1. The Kier molecular flexibility index (Phi) is 6.48. The second kappa shape index (κ2) is 9.15. The van der Waals surface area contributed by atoms with Crippen LogP contribution in [0.1, 0.15) is 49.5 Å². The molecule has 0 fully saturated rings. The zero-order valence-electron chi connectivity index (χ0n) is 18.9. The lowest BCUT2D eigenvalue weighted by Crippen LogP contribution is -2.39. The predicted octanol–water partition coefficient (Wildman–Crippen LogP) is 4.00. The van der Waals surface area contributed by atoms with E-state index < -0.39 is 0 Å². The Morgan fingerprint density at radius 2 is 2.00 bits per heavy atom. The van der Waals surface area contributed by atoms with E-state index >= 15 is 0 Å². The first-order valence-corrected chi connectivity index (χ1v) is 12.4. The van der Waals surface area contributed by atoms with Gasteiger partial charge in [0.2, 0.25) is 11.1 Å². The molecule has 9 heteroatoms. The van der Waals surface area contributed by atoms with Crippen LogP contribution >= 0.6 is 23.1 Å². The molecule has 1 aliphatic rings. The van der Waals surface area contributed by atoms with Gasteiger partial charge in [0.05, 0.1) is 5.25 Å². The van der Waals surface area contributed by atoms with Crippen molar-refractivity contribution in [1.29, 1.82) is 0 Å². The van der Waals surface area contributed by atoms with E-state index in [0.29, 0.717) is 17.5 Å². The van der Waals surface area contributed by atoms with Crippen LogP contribution in [0, 0.1) is 0 Å². The van der Waals surface area contributed by atoms with Gasteiger partial charge in [-0.05, 0) is 53.5 Å². The Morgan fingerprint density at radius 3 is 2.72 bits per heavy atom. The molecule has 32 heavy (non-hydrogen) atoms. The quantitative estimate of drug-likeness (QED) is 0.432. The summed E-state index contributed by atoms with van der Waals surface area (Å²) in [5.74, 6) is 7.54. The van der Waals surface area contributed by atoms with Crippen molar-refractivity contribution in [3.63, 3.8) is 0 Å². The fourth-order valence-electron chi connectivity index (χ4n) is 3.59. The Hall–Kier alpha value is -2.52. The first-order chi connectivity index (χ1) is 15.2. The first-order valence-electron chi connectivity index (χ1n) is 10.7. The van der Waals surface area contributed by atoms with E-state index in [4.69, 9.17) is 10.6 Å². The lowest BCUT2D eigenvalue weighted by Gasteiger charge is -2.29. The van der Waals surface area contributed by atoms with Gasteiger partial charge in [-0.1, -0.05) is 44.7 Å². The summed E-state index contributed by atoms with van der Waals surface area (Å²) in [7, 11) is 0. The van der Waals surface area contributed by atoms with Crippen molar-refractivity contribution in [3.05, 3.63) is 57.5 Å². The summed E-state index contributed by atoms with van der Waals surface area (Å²) in [5, 5.41) is 10.6. The number of rotatable bonds is 6. The van der Waals surface area contributed by atoms with E-state index in [1.165, 1.54) is 32.4 Å². The monoisotopic (exact) mass is 471 g/mol. The molecule has 1 atom stereocenters. The van der Waals surface area contributed by atoms with E-state index in [1.807, 2.05) is 24.0 Å². The normalized spacial score (nSPS) is 14.8. The number of ether oxygens (including phenoxy) is 1. The molecule has 1 aromatic carbocycles. The Morgan fingerprint density at radius 1 is 1.25 bits per heavy atom. The molecular formula is C23H29N5O2S2. The summed E-state index contributed by atoms with van der Waals surface area (Å²) in [4.78, 5) is 16.2. The average Bonchev–Trinajstić information content (AvgIpc) is 3.37. The summed E-state index contributed by atoms with van der Waals surface area (Å²) in [6, 6.07) is 10.1. The van der Waals surface area contributed by atoms with Crippen LogP contribution in [0.2, 0.25) is 0 Å². The maximum absolute atomic E-state index is 12.9. The molecule has 1 amide bonds. The number of aromatic nitrogens is 3. The fourth-order valence-corrected chi connectivity index (χ4v) is 5.35. The molecule has 2 aromatic heterocycles. The third-order valence-corrected chi connectivity index (χ3v) is 7.64. The van der Waals surface area contributed by atoms with E-state index in [-0.39, 0.29) is 23.2 Å². The standard InChI is InChI=1S/C23H29N5O2S2/c1-15(21(29)27-11-9-19-16(13-27)10-12-31-19)32-22-26-25-20(28(22)24)14-30-18-7-5-17(6-8-18)23(2,3)4/h5-8,10,12,15H,9,11,13-14,24H2,1-4H3. The number of thioether (sulfide) groups is 1. The molecule has 0 bridgehead atoms. The second-order valence-corrected chi connectivity index (χ2v) is 11.3. The third-order valence-electron chi connectivity index (χ3n) is 5.57. The number of hydrogen-bond acceptors (Lipinski definition) is 7. The van der Waals surface area contributed by atoms with Gasteiger partial charge >= 0.3 is 0 Å². The highest BCUT2D eigenvalue weighted by atomic mass is 32.2. The van der Waals surface area contributed by atoms with Gasteiger partial charge in [-0.2, -0.15) is 0 Å². The summed E-state index contributed by atoms with van der Waals surface area (Å²) in [5.41, 5.74) is 2.59. The molecule has 0 saturated carbocycles. The maximum Gasteiger partial charge on any atom is 0.236 e. The molecule has 1 aliphatic heterocycles. The molecule has 1 unspecified atom stereocenters. The molecule has 4 rings (SSSR count). The Balaban J connectivity index is 1.34. The average molecular weight is 472 g/mol. The predicted molar refractivity (Wildman–Crippen MR) is 128 cm³/mol. The van der Waals surface area contributed by atoms with Gasteiger partial charge in [0.25, 0.3) is 0 Å². The second-order valence-electron chi connectivity index (χ2n) is 8.97. The van der Waals surface area contributed by atoms with Crippen LogP contribution in [0.4, 0.5) is 0 Å². The van der Waals surface area contributed by atoms with Crippen LogP contribution in [-0.2, 0) is 29.8 Å². The van der Waals surface area contributed by atoms with Crippen LogP contribution in [0.15, 0.2) is 40.9 Å². The number of carbonyl (C=O) groups is 1. The molecule has 0 aliphatic carbocycles. The van der Waals surface area contributed by atoms with Crippen LogP contribution in [0.5, 0.6) is 5.75 Å². The largest absolute Gasteiger partial charge is 0.486 e. The minimum atomic E-state index is -0.305. The fraction of sp³-hybridized carbons (Fsp3) is 0.435. The Labute approximate surface area is 196 Å². The molecule has 3 heterocycles. The highest BCUT2D eigenvalue weighted by molar-refractivity contribution is 8.00. The Bertz CT molecular complexity index is 1080. The highest BCUT2D eigenvalue weighted by Crippen LogP contribution is 2.28. The van der Waals surface area contributed by atoms with Crippen molar-refractivity contribution < 1.29 is 9.53 Å². The van der Waals surface area contributed by atoms with Crippen LogP contribution in [0.3, 0.4) is 0 Å². The smallest absolute Gasteiger partial charge is 0.236 e. The summed E-state index contributed by atoms with van der Waals surface area (Å²) >= 11 is 3.09. The number of amides is 1. The molecule has 170 valence electrons. The maximum atomic E-state index is 12.9. The van der Waals surface area contributed by atoms with Crippen molar-refractivity contribution in [2.75, 3.05) is 12.4 Å². The summed E-state index contributed by atoms with van der Waals surface area (Å²) < 4.78 is 7.25. The topological polar surface area (TPSA) is 86.3 Å². The number of fused-ring (bicyclic) bond motifs is 1. The van der Waals surface area contributed by atoms with Crippen molar-refractivity contribution >= 4 is 29.0 Å². The highest BCUT2D eigenvalue weighted by Gasteiger charge is 2.27. The van der Waals surface area contributed by atoms with Gasteiger partial charge in [-0.15, -0.1) is 21.5 Å². The molecule has 2 N–H and O–H groups in total. The van der Waals surface area contributed by atoms with Crippen molar-refractivity contribution in [2.45, 2.75) is 63.1 Å². The zero-order valence-corrected chi connectivity index (χ0v) is 20.5. The zero-order chi connectivity index (χ0) is 22.9. The van der Waals surface area contributed by atoms with Crippen molar-refractivity contribution in [2.24, 2.45) is 0 Å². The molecule has 0 saturated heterocycles. The van der Waals surface area contributed by atoms with Gasteiger partial charge in [0.1, 0.15) is 12.4 Å². The minimum Gasteiger partial charge on any atom is -0.486 e. The van der Waals surface area contributed by atoms with Gasteiger partial charge in [-0.3, -0.25) is 4.79 Å². The molecule has 3 aromatic rings.